The second-order valence-electron chi connectivity index (χ2n) is 5.50. The van der Waals surface area contributed by atoms with Crippen LogP contribution in [0.2, 0.25) is 5.02 Å². The van der Waals surface area contributed by atoms with E-state index in [0.717, 1.165) is 17.8 Å². The third-order valence-corrected chi connectivity index (χ3v) is 3.98. The van der Waals surface area contributed by atoms with Gasteiger partial charge in [0.15, 0.2) is 0 Å². The molecular formula is C19H21ClN2O2. The second-order valence-corrected chi connectivity index (χ2v) is 5.93. The molecule has 2 aromatic carbocycles. The summed E-state index contributed by atoms with van der Waals surface area (Å²) in [6.45, 7) is 3.88. The van der Waals surface area contributed by atoms with Crippen LogP contribution in [0.15, 0.2) is 48.5 Å². The Balaban J connectivity index is 1.94. The van der Waals surface area contributed by atoms with Gasteiger partial charge in [-0.1, -0.05) is 30.7 Å². The topological polar surface area (TPSA) is 49.4 Å². The summed E-state index contributed by atoms with van der Waals surface area (Å²) in [6, 6.07) is 14.7. The van der Waals surface area contributed by atoms with Crippen LogP contribution in [-0.2, 0) is 16.0 Å². The van der Waals surface area contributed by atoms with Gasteiger partial charge in [-0.2, -0.15) is 0 Å². The summed E-state index contributed by atoms with van der Waals surface area (Å²) in [7, 11) is 0. The number of benzene rings is 2. The quantitative estimate of drug-likeness (QED) is 0.850. The molecule has 4 nitrogen and oxygen atoms in total. The number of hydrogen-bond acceptors (Lipinski definition) is 2. The number of carbonyl (C=O) groups excluding carboxylic acids is 2. The number of hydrogen-bond donors (Lipinski definition) is 1. The number of anilines is 2. The molecule has 0 atom stereocenters. The van der Waals surface area contributed by atoms with Gasteiger partial charge in [0.25, 0.3) is 0 Å². The Labute approximate surface area is 147 Å². The van der Waals surface area contributed by atoms with E-state index in [9.17, 15) is 9.59 Å². The molecule has 0 radical (unpaired) electrons. The molecule has 126 valence electrons. The first-order chi connectivity index (χ1) is 11.5. The fourth-order valence-corrected chi connectivity index (χ4v) is 2.48. The minimum absolute atomic E-state index is 0.113. The van der Waals surface area contributed by atoms with Crippen LogP contribution in [0, 0.1) is 0 Å². The molecule has 1 N–H and O–H groups in total. The standard InChI is InChI=1S/C19H21ClN2O2/c1-3-15-4-8-17(9-5-15)21-19(24)12-13-22(14(2)23)18-10-6-16(20)7-11-18/h4-11H,3,12-13H2,1-2H3,(H,21,24). The van der Waals surface area contributed by atoms with Gasteiger partial charge in [0.05, 0.1) is 0 Å². The molecule has 0 spiro atoms. The summed E-state index contributed by atoms with van der Waals surface area (Å²) in [6.07, 6.45) is 1.18. The number of rotatable bonds is 6. The molecule has 0 saturated heterocycles. The van der Waals surface area contributed by atoms with E-state index in [1.165, 1.54) is 12.5 Å². The van der Waals surface area contributed by atoms with Crippen molar-refractivity contribution in [2.24, 2.45) is 0 Å². The Morgan fingerprint density at radius 3 is 2.21 bits per heavy atom. The van der Waals surface area contributed by atoms with E-state index in [1.54, 1.807) is 29.2 Å². The lowest BCUT2D eigenvalue weighted by Gasteiger charge is -2.21. The fourth-order valence-electron chi connectivity index (χ4n) is 2.35. The summed E-state index contributed by atoms with van der Waals surface area (Å²) >= 11 is 5.87. The van der Waals surface area contributed by atoms with Crippen molar-refractivity contribution in [3.8, 4) is 0 Å². The van der Waals surface area contributed by atoms with Crippen molar-refractivity contribution >= 4 is 34.8 Å². The zero-order chi connectivity index (χ0) is 17.5. The van der Waals surface area contributed by atoms with Gasteiger partial charge < -0.3 is 10.2 Å². The van der Waals surface area contributed by atoms with Crippen molar-refractivity contribution in [2.75, 3.05) is 16.8 Å². The Kier molecular flexibility index (Phi) is 6.38. The van der Waals surface area contributed by atoms with Gasteiger partial charge in [0, 0.05) is 36.3 Å². The Morgan fingerprint density at radius 1 is 1.04 bits per heavy atom. The van der Waals surface area contributed by atoms with Crippen LogP contribution in [0.3, 0.4) is 0 Å². The Hall–Kier alpha value is -2.33. The zero-order valence-electron chi connectivity index (χ0n) is 13.9. The second kappa shape index (κ2) is 8.50. The third-order valence-electron chi connectivity index (χ3n) is 3.73. The molecule has 2 rings (SSSR count). The van der Waals surface area contributed by atoms with E-state index in [1.807, 2.05) is 24.3 Å². The van der Waals surface area contributed by atoms with Gasteiger partial charge in [0.1, 0.15) is 0 Å². The average molecular weight is 345 g/mol. The van der Waals surface area contributed by atoms with Gasteiger partial charge in [0.2, 0.25) is 11.8 Å². The maximum Gasteiger partial charge on any atom is 0.226 e. The maximum absolute atomic E-state index is 12.1. The normalized spacial score (nSPS) is 10.3. The van der Waals surface area contributed by atoms with Crippen molar-refractivity contribution in [2.45, 2.75) is 26.7 Å². The van der Waals surface area contributed by atoms with E-state index in [2.05, 4.69) is 12.2 Å². The molecule has 0 heterocycles. The molecule has 0 aliphatic rings. The van der Waals surface area contributed by atoms with Crippen molar-refractivity contribution in [1.29, 1.82) is 0 Å². The predicted molar refractivity (Wildman–Crippen MR) is 98.5 cm³/mol. The number of amides is 2. The SMILES string of the molecule is CCc1ccc(NC(=O)CCN(C(C)=O)c2ccc(Cl)cc2)cc1. The van der Waals surface area contributed by atoms with Crippen molar-refractivity contribution < 1.29 is 9.59 Å². The summed E-state index contributed by atoms with van der Waals surface area (Å²) in [5.41, 5.74) is 2.71. The first-order valence-electron chi connectivity index (χ1n) is 7.92. The van der Waals surface area contributed by atoms with E-state index in [0.29, 0.717) is 11.6 Å². The van der Waals surface area contributed by atoms with Crippen LogP contribution in [0.4, 0.5) is 11.4 Å². The molecule has 0 aliphatic carbocycles. The largest absolute Gasteiger partial charge is 0.326 e. The molecule has 0 bridgehead atoms. The highest BCUT2D eigenvalue weighted by Gasteiger charge is 2.13. The lowest BCUT2D eigenvalue weighted by Crippen LogP contribution is -2.31. The van der Waals surface area contributed by atoms with Crippen LogP contribution in [-0.4, -0.2) is 18.4 Å². The van der Waals surface area contributed by atoms with Gasteiger partial charge in [-0.05, 0) is 48.4 Å². The summed E-state index contributed by atoms with van der Waals surface area (Å²) in [5.74, 6) is -0.239. The predicted octanol–water partition coefficient (Wildman–Crippen LogP) is 4.28. The summed E-state index contributed by atoms with van der Waals surface area (Å²) in [4.78, 5) is 25.5. The molecular weight excluding hydrogens is 324 g/mol. The van der Waals surface area contributed by atoms with Crippen LogP contribution in [0.25, 0.3) is 0 Å². The van der Waals surface area contributed by atoms with Gasteiger partial charge in [-0.3, -0.25) is 9.59 Å². The van der Waals surface area contributed by atoms with E-state index >= 15 is 0 Å². The number of aryl methyl sites for hydroxylation is 1. The fraction of sp³-hybridized carbons (Fsp3) is 0.263. The van der Waals surface area contributed by atoms with E-state index in [-0.39, 0.29) is 18.2 Å². The summed E-state index contributed by atoms with van der Waals surface area (Å²) < 4.78 is 0. The van der Waals surface area contributed by atoms with Crippen molar-refractivity contribution in [1.82, 2.24) is 0 Å². The average Bonchev–Trinajstić information content (AvgIpc) is 2.57. The lowest BCUT2D eigenvalue weighted by molar-refractivity contribution is -0.117. The third kappa shape index (κ3) is 5.10. The molecule has 5 heteroatoms. The number of nitrogens with one attached hydrogen (secondary N) is 1. The molecule has 0 unspecified atom stereocenters. The maximum atomic E-state index is 12.1. The lowest BCUT2D eigenvalue weighted by atomic mass is 10.1. The number of carbonyl (C=O) groups is 2. The number of halogens is 1. The van der Waals surface area contributed by atoms with Crippen LogP contribution in [0.5, 0.6) is 0 Å². The highest BCUT2D eigenvalue weighted by atomic mass is 35.5. The van der Waals surface area contributed by atoms with E-state index in [4.69, 9.17) is 11.6 Å². The van der Waals surface area contributed by atoms with Gasteiger partial charge >= 0.3 is 0 Å². The monoisotopic (exact) mass is 344 g/mol. The van der Waals surface area contributed by atoms with Crippen LogP contribution >= 0.6 is 11.6 Å². The van der Waals surface area contributed by atoms with Crippen LogP contribution in [0.1, 0.15) is 25.8 Å². The van der Waals surface area contributed by atoms with Crippen LogP contribution < -0.4 is 10.2 Å². The molecule has 0 saturated carbocycles. The van der Waals surface area contributed by atoms with Crippen molar-refractivity contribution in [3.05, 3.63) is 59.1 Å². The minimum atomic E-state index is -0.125. The summed E-state index contributed by atoms with van der Waals surface area (Å²) in [5, 5.41) is 3.46. The van der Waals surface area contributed by atoms with Gasteiger partial charge in [-0.15, -0.1) is 0 Å². The van der Waals surface area contributed by atoms with Crippen molar-refractivity contribution in [3.63, 3.8) is 0 Å². The molecule has 0 aromatic heterocycles. The first kappa shape index (κ1) is 18.0. The highest BCUT2D eigenvalue weighted by Crippen LogP contribution is 2.18. The highest BCUT2D eigenvalue weighted by molar-refractivity contribution is 6.30. The molecule has 0 aliphatic heterocycles. The minimum Gasteiger partial charge on any atom is -0.326 e. The molecule has 24 heavy (non-hydrogen) atoms. The number of nitrogens with zero attached hydrogens (tertiary/aromatic N) is 1. The zero-order valence-corrected chi connectivity index (χ0v) is 14.6. The molecule has 2 amide bonds. The molecule has 0 fully saturated rings. The molecule has 2 aromatic rings. The first-order valence-corrected chi connectivity index (χ1v) is 8.30. The Morgan fingerprint density at radius 2 is 1.67 bits per heavy atom. The van der Waals surface area contributed by atoms with E-state index < -0.39 is 0 Å². The smallest absolute Gasteiger partial charge is 0.226 e. The Bertz CT molecular complexity index is 696. The van der Waals surface area contributed by atoms with Gasteiger partial charge in [-0.25, -0.2) is 0 Å².